The first-order chi connectivity index (χ1) is 7.13. The van der Waals surface area contributed by atoms with Crippen molar-refractivity contribution in [3.63, 3.8) is 0 Å². The average Bonchev–Trinajstić information content (AvgIpc) is 2.61. The molecular weight excluding hydrogens is 278 g/mol. The summed E-state index contributed by atoms with van der Waals surface area (Å²) in [6, 6.07) is 2.00. The van der Waals surface area contributed by atoms with E-state index in [1.54, 1.807) is 18.3 Å². The van der Waals surface area contributed by atoms with Gasteiger partial charge in [-0.3, -0.25) is 4.79 Å². The highest BCUT2D eigenvalue weighted by Crippen LogP contribution is 2.20. The van der Waals surface area contributed by atoms with Gasteiger partial charge in [0.05, 0.1) is 3.79 Å². The van der Waals surface area contributed by atoms with Crippen molar-refractivity contribution in [3.8, 4) is 0 Å². The lowest BCUT2D eigenvalue weighted by Crippen LogP contribution is -2.33. The zero-order valence-corrected chi connectivity index (χ0v) is 11.2. The van der Waals surface area contributed by atoms with Crippen molar-refractivity contribution in [2.45, 2.75) is 26.5 Å². The molecule has 0 bridgehead atoms. The van der Waals surface area contributed by atoms with Crippen LogP contribution in [0.1, 0.15) is 19.4 Å². The molecule has 0 spiro atoms. The number of halogens is 1. The minimum atomic E-state index is -0.378. The van der Waals surface area contributed by atoms with Gasteiger partial charge in [0.15, 0.2) is 0 Å². The summed E-state index contributed by atoms with van der Waals surface area (Å²) in [5.74, 6) is -0.0702. The molecule has 0 saturated heterocycles. The first-order valence-corrected chi connectivity index (χ1v) is 6.43. The number of rotatable bonds is 5. The first kappa shape index (κ1) is 12.7. The van der Waals surface area contributed by atoms with Crippen LogP contribution in [0.3, 0.4) is 0 Å². The number of hydrogen-bond acceptors (Lipinski definition) is 3. The minimum absolute atomic E-state index is 0.0702. The molecule has 1 heterocycles. The lowest BCUT2D eigenvalue weighted by Gasteiger charge is -2.11. The van der Waals surface area contributed by atoms with Crippen molar-refractivity contribution < 1.29 is 9.53 Å². The van der Waals surface area contributed by atoms with Gasteiger partial charge in [-0.15, -0.1) is 11.3 Å². The molecule has 3 nitrogen and oxygen atoms in total. The Bertz CT molecular complexity index is 327. The number of thiophene rings is 1. The Balaban J connectivity index is 2.34. The van der Waals surface area contributed by atoms with Crippen LogP contribution >= 0.6 is 27.3 Å². The fourth-order valence-electron chi connectivity index (χ4n) is 1.10. The topological polar surface area (TPSA) is 38.3 Å². The van der Waals surface area contributed by atoms with Gasteiger partial charge in [-0.25, -0.2) is 0 Å². The van der Waals surface area contributed by atoms with Crippen molar-refractivity contribution in [2.75, 3.05) is 6.61 Å². The minimum Gasteiger partial charge on any atom is -0.369 e. The molecule has 1 aromatic rings. The highest BCUT2D eigenvalue weighted by molar-refractivity contribution is 9.11. The Kier molecular flexibility index (Phi) is 5.28. The van der Waals surface area contributed by atoms with Gasteiger partial charge in [0.25, 0.3) is 0 Å². The van der Waals surface area contributed by atoms with Gasteiger partial charge in [0.1, 0.15) is 6.10 Å². The van der Waals surface area contributed by atoms with Crippen molar-refractivity contribution in [1.82, 2.24) is 5.32 Å². The van der Waals surface area contributed by atoms with Crippen molar-refractivity contribution in [1.29, 1.82) is 0 Å². The normalized spacial score (nSPS) is 12.5. The Hall–Kier alpha value is -0.390. The summed E-state index contributed by atoms with van der Waals surface area (Å²) in [4.78, 5) is 11.5. The van der Waals surface area contributed by atoms with E-state index in [4.69, 9.17) is 4.74 Å². The molecule has 0 aliphatic heterocycles. The van der Waals surface area contributed by atoms with E-state index in [1.165, 1.54) is 0 Å². The van der Waals surface area contributed by atoms with Crippen LogP contribution in [-0.4, -0.2) is 18.6 Å². The quantitative estimate of drug-likeness (QED) is 0.905. The number of amides is 1. The van der Waals surface area contributed by atoms with E-state index in [0.717, 1.165) is 9.35 Å². The third kappa shape index (κ3) is 4.32. The predicted octanol–water partition coefficient (Wildman–Crippen LogP) is 2.55. The molecule has 0 unspecified atom stereocenters. The highest BCUT2D eigenvalue weighted by Gasteiger charge is 2.11. The zero-order chi connectivity index (χ0) is 11.3. The molecule has 0 fully saturated rings. The molecule has 1 amide bonds. The van der Waals surface area contributed by atoms with Gasteiger partial charge in [0.2, 0.25) is 5.91 Å². The van der Waals surface area contributed by atoms with Crippen LogP contribution in [0.15, 0.2) is 15.2 Å². The maximum Gasteiger partial charge on any atom is 0.249 e. The number of carbonyl (C=O) groups excluding carboxylic acids is 1. The fraction of sp³-hybridized carbons (Fsp3) is 0.500. The van der Waals surface area contributed by atoms with Crippen molar-refractivity contribution in [2.24, 2.45) is 0 Å². The molecule has 1 atom stereocenters. The number of nitrogens with one attached hydrogen (secondary N) is 1. The molecule has 84 valence electrons. The zero-order valence-electron chi connectivity index (χ0n) is 8.75. The SMILES string of the molecule is CCO[C@H](C)C(=O)NCc1csc(Br)c1. The van der Waals surface area contributed by atoms with Crippen molar-refractivity contribution >= 4 is 33.2 Å². The average molecular weight is 292 g/mol. The van der Waals surface area contributed by atoms with Gasteiger partial charge in [-0.05, 0) is 46.8 Å². The van der Waals surface area contributed by atoms with Crippen LogP contribution in [-0.2, 0) is 16.1 Å². The Labute approximate surface area is 102 Å². The molecule has 15 heavy (non-hydrogen) atoms. The summed E-state index contributed by atoms with van der Waals surface area (Å²) in [6.45, 7) is 4.74. The summed E-state index contributed by atoms with van der Waals surface area (Å²) < 4.78 is 6.25. The van der Waals surface area contributed by atoms with Crippen LogP contribution in [0.25, 0.3) is 0 Å². The van der Waals surface area contributed by atoms with Crippen LogP contribution < -0.4 is 5.32 Å². The van der Waals surface area contributed by atoms with Crippen LogP contribution in [0.2, 0.25) is 0 Å². The third-order valence-electron chi connectivity index (χ3n) is 1.87. The standard InChI is InChI=1S/C10H14BrNO2S/c1-3-14-7(2)10(13)12-5-8-4-9(11)15-6-8/h4,6-7H,3,5H2,1-2H3,(H,12,13)/t7-/m1/s1. The summed E-state index contributed by atoms with van der Waals surface area (Å²) in [6.07, 6.45) is -0.378. The fourth-order valence-corrected chi connectivity index (χ4v) is 2.31. The number of ether oxygens (including phenoxy) is 1. The summed E-state index contributed by atoms with van der Waals surface area (Å²) >= 11 is 4.98. The van der Waals surface area contributed by atoms with Crippen molar-refractivity contribution in [3.05, 3.63) is 20.8 Å². The maximum atomic E-state index is 11.5. The van der Waals surface area contributed by atoms with E-state index in [9.17, 15) is 4.79 Å². The third-order valence-corrected chi connectivity index (χ3v) is 3.43. The Morgan fingerprint density at radius 3 is 3.00 bits per heavy atom. The predicted molar refractivity (Wildman–Crippen MR) is 65.0 cm³/mol. The monoisotopic (exact) mass is 291 g/mol. The second kappa shape index (κ2) is 6.25. The lowest BCUT2D eigenvalue weighted by atomic mass is 10.3. The van der Waals surface area contributed by atoms with E-state index in [-0.39, 0.29) is 12.0 Å². The van der Waals surface area contributed by atoms with Gasteiger partial charge < -0.3 is 10.1 Å². The molecule has 0 aliphatic carbocycles. The Morgan fingerprint density at radius 2 is 2.47 bits per heavy atom. The molecule has 0 radical (unpaired) electrons. The molecule has 1 aromatic heterocycles. The smallest absolute Gasteiger partial charge is 0.249 e. The molecule has 0 saturated carbocycles. The molecule has 5 heteroatoms. The summed E-state index contributed by atoms with van der Waals surface area (Å²) in [7, 11) is 0. The van der Waals surface area contributed by atoms with E-state index >= 15 is 0 Å². The van der Waals surface area contributed by atoms with E-state index in [1.807, 2.05) is 18.4 Å². The number of carbonyl (C=O) groups is 1. The largest absolute Gasteiger partial charge is 0.369 e. The van der Waals surface area contributed by atoms with Gasteiger partial charge >= 0.3 is 0 Å². The van der Waals surface area contributed by atoms with Gasteiger partial charge in [-0.2, -0.15) is 0 Å². The van der Waals surface area contributed by atoms with Gasteiger partial charge in [0, 0.05) is 13.2 Å². The van der Waals surface area contributed by atoms with E-state index in [2.05, 4.69) is 21.2 Å². The molecule has 0 aromatic carbocycles. The first-order valence-electron chi connectivity index (χ1n) is 4.75. The van der Waals surface area contributed by atoms with Crippen LogP contribution in [0.4, 0.5) is 0 Å². The maximum absolute atomic E-state index is 11.5. The molecule has 1 N–H and O–H groups in total. The molecular formula is C10H14BrNO2S. The second-order valence-electron chi connectivity index (χ2n) is 3.07. The molecule has 0 aliphatic rings. The molecule has 1 rings (SSSR count). The second-order valence-corrected chi connectivity index (χ2v) is 5.36. The Morgan fingerprint density at radius 1 is 1.73 bits per heavy atom. The highest BCUT2D eigenvalue weighted by atomic mass is 79.9. The summed E-state index contributed by atoms with van der Waals surface area (Å²) in [5.41, 5.74) is 1.10. The van der Waals surface area contributed by atoms with Gasteiger partial charge in [-0.1, -0.05) is 0 Å². The van der Waals surface area contributed by atoms with E-state index < -0.39 is 0 Å². The van der Waals surface area contributed by atoms with Crippen LogP contribution in [0, 0.1) is 0 Å². The summed E-state index contributed by atoms with van der Waals surface area (Å²) in [5, 5.41) is 4.83. The lowest BCUT2D eigenvalue weighted by molar-refractivity contribution is -0.131. The van der Waals surface area contributed by atoms with Crippen LogP contribution in [0.5, 0.6) is 0 Å². The van der Waals surface area contributed by atoms with E-state index in [0.29, 0.717) is 13.2 Å². The number of hydrogen-bond donors (Lipinski definition) is 1.